The Morgan fingerprint density at radius 1 is 1.80 bits per heavy atom. The molecular weight excluding hydrogens is 214 g/mol. The summed E-state index contributed by atoms with van der Waals surface area (Å²) in [5, 5.41) is 3.24. The van der Waals surface area contributed by atoms with E-state index in [1.807, 2.05) is 19.1 Å². The minimum absolute atomic E-state index is 0.0643. The topological polar surface area (TPSA) is 51.5 Å². The van der Waals surface area contributed by atoms with Gasteiger partial charge in [0.25, 0.3) is 0 Å². The number of nitrogens with one attached hydrogen (secondary N) is 1. The summed E-state index contributed by atoms with van der Waals surface area (Å²) in [6, 6.07) is 3.53. The molecule has 0 saturated carbocycles. The molecule has 15 heavy (non-hydrogen) atoms. The molecule has 2 atom stereocenters. The van der Waals surface area contributed by atoms with Crippen LogP contribution in [0.5, 0.6) is 0 Å². The maximum Gasteiger partial charge on any atom is 0.324 e. The third-order valence-electron chi connectivity index (χ3n) is 2.15. The van der Waals surface area contributed by atoms with E-state index < -0.39 is 0 Å². The van der Waals surface area contributed by atoms with Crippen molar-refractivity contribution in [2.75, 3.05) is 12.4 Å². The van der Waals surface area contributed by atoms with E-state index in [9.17, 15) is 4.79 Å². The molecular formula is C10H13NO3S. The molecule has 0 amide bonds. The first-order valence-corrected chi connectivity index (χ1v) is 5.94. The molecule has 2 heterocycles. The van der Waals surface area contributed by atoms with Crippen molar-refractivity contribution >= 4 is 17.7 Å². The number of furan rings is 1. The van der Waals surface area contributed by atoms with Crippen LogP contribution in [0.1, 0.15) is 18.1 Å². The normalized spacial score (nSPS) is 25.4. The molecule has 1 aliphatic heterocycles. The average molecular weight is 227 g/mol. The van der Waals surface area contributed by atoms with Gasteiger partial charge in [0.1, 0.15) is 17.2 Å². The molecule has 1 fully saturated rings. The molecule has 5 heteroatoms. The van der Waals surface area contributed by atoms with Crippen molar-refractivity contribution in [1.82, 2.24) is 5.32 Å². The van der Waals surface area contributed by atoms with E-state index in [1.165, 1.54) is 0 Å². The van der Waals surface area contributed by atoms with Crippen molar-refractivity contribution in [3.05, 3.63) is 24.2 Å². The van der Waals surface area contributed by atoms with E-state index in [2.05, 4.69) is 5.32 Å². The SMILES string of the molecule is CCOC(=O)C1CSC(c2ccco2)N1. The highest BCUT2D eigenvalue weighted by atomic mass is 32.2. The van der Waals surface area contributed by atoms with Crippen molar-refractivity contribution in [3.8, 4) is 0 Å². The van der Waals surface area contributed by atoms with E-state index in [0.29, 0.717) is 6.61 Å². The number of esters is 1. The smallest absolute Gasteiger partial charge is 0.324 e. The first kappa shape index (κ1) is 10.6. The summed E-state index contributed by atoms with van der Waals surface area (Å²) in [4.78, 5) is 11.4. The van der Waals surface area contributed by atoms with Gasteiger partial charge >= 0.3 is 5.97 Å². The van der Waals surface area contributed by atoms with Crippen molar-refractivity contribution in [2.45, 2.75) is 18.3 Å². The van der Waals surface area contributed by atoms with E-state index in [4.69, 9.17) is 9.15 Å². The summed E-state index contributed by atoms with van der Waals surface area (Å²) < 4.78 is 10.2. The zero-order valence-corrected chi connectivity index (χ0v) is 9.25. The molecule has 2 rings (SSSR count). The Bertz CT molecular complexity index is 325. The Morgan fingerprint density at radius 2 is 2.67 bits per heavy atom. The van der Waals surface area contributed by atoms with Crippen LogP contribution in [0, 0.1) is 0 Å². The minimum Gasteiger partial charge on any atom is -0.467 e. The summed E-state index contributed by atoms with van der Waals surface area (Å²) in [6.45, 7) is 2.23. The molecule has 0 spiro atoms. The fourth-order valence-electron chi connectivity index (χ4n) is 1.46. The van der Waals surface area contributed by atoms with Crippen LogP contribution in [0.2, 0.25) is 0 Å². The highest BCUT2D eigenvalue weighted by Crippen LogP contribution is 2.33. The van der Waals surface area contributed by atoms with Crippen LogP contribution in [-0.4, -0.2) is 24.4 Å². The van der Waals surface area contributed by atoms with Gasteiger partial charge < -0.3 is 9.15 Å². The molecule has 1 aromatic heterocycles. The monoisotopic (exact) mass is 227 g/mol. The summed E-state index contributed by atoms with van der Waals surface area (Å²) >= 11 is 1.66. The molecule has 4 nitrogen and oxygen atoms in total. The predicted octanol–water partition coefficient (Wildman–Crippen LogP) is 1.55. The molecule has 1 aromatic rings. The maximum atomic E-state index is 11.4. The summed E-state index contributed by atoms with van der Waals surface area (Å²) in [6.07, 6.45) is 1.63. The second-order valence-electron chi connectivity index (χ2n) is 3.20. The third kappa shape index (κ3) is 2.35. The van der Waals surface area contributed by atoms with E-state index in [-0.39, 0.29) is 17.4 Å². The van der Waals surface area contributed by atoms with Crippen molar-refractivity contribution in [3.63, 3.8) is 0 Å². The van der Waals surface area contributed by atoms with Crippen LogP contribution in [0.4, 0.5) is 0 Å². The first-order valence-electron chi connectivity index (χ1n) is 4.89. The highest BCUT2D eigenvalue weighted by Gasteiger charge is 2.32. The van der Waals surface area contributed by atoms with Gasteiger partial charge in [-0.3, -0.25) is 10.1 Å². The van der Waals surface area contributed by atoms with Crippen LogP contribution in [0.25, 0.3) is 0 Å². The zero-order valence-electron chi connectivity index (χ0n) is 8.43. The quantitative estimate of drug-likeness (QED) is 0.794. The molecule has 2 unspecified atom stereocenters. The Morgan fingerprint density at radius 3 is 3.33 bits per heavy atom. The lowest BCUT2D eigenvalue weighted by molar-refractivity contribution is -0.144. The van der Waals surface area contributed by atoms with Gasteiger partial charge in [0.05, 0.1) is 12.9 Å². The summed E-state index contributed by atoms with van der Waals surface area (Å²) in [5.41, 5.74) is 0. The lowest BCUT2D eigenvalue weighted by Gasteiger charge is -2.10. The van der Waals surface area contributed by atoms with Crippen molar-refractivity contribution in [1.29, 1.82) is 0 Å². The number of hydrogen-bond donors (Lipinski definition) is 1. The minimum atomic E-state index is -0.218. The maximum absolute atomic E-state index is 11.4. The number of carbonyl (C=O) groups excluding carboxylic acids is 1. The number of rotatable bonds is 3. The third-order valence-corrected chi connectivity index (χ3v) is 3.38. The summed E-state index contributed by atoms with van der Waals surface area (Å²) in [5.74, 6) is 1.40. The molecule has 0 bridgehead atoms. The average Bonchev–Trinajstić information content (AvgIpc) is 2.89. The van der Waals surface area contributed by atoms with Crippen LogP contribution in [0.15, 0.2) is 22.8 Å². The molecule has 0 aliphatic carbocycles. The van der Waals surface area contributed by atoms with Gasteiger partial charge in [0, 0.05) is 5.75 Å². The van der Waals surface area contributed by atoms with Crippen LogP contribution in [0.3, 0.4) is 0 Å². The van der Waals surface area contributed by atoms with E-state index >= 15 is 0 Å². The van der Waals surface area contributed by atoms with Gasteiger partial charge in [0.2, 0.25) is 0 Å². The van der Waals surface area contributed by atoms with Gasteiger partial charge in [0.15, 0.2) is 0 Å². The summed E-state index contributed by atoms with van der Waals surface area (Å²) in [7, 11) is 0. The highest BCUT2D eigenvalue weighted by molar-refractivity contribution is 7.99. The lowest BCUT2D eigenvalue weighted by Crippen LogP contribution is -2.35. The van der Waals surface area contributed by atoms with Gasteiger partial charge in [-0.1, -0.05) is 0 Å². The molecule has 1 aliphatic rings. The fourth-order valence-corrected chi connectivity index (χ4v) is 2.63. The van der Waals surface area contributed by atoms with Gasteiger partial charge in [-0.2, -0.15) is 0 Å². The Labute approximate surface area is 92.4 Å². The van der Waals surface area contributed by atoms with Crippen LogP contribution < -0.4 is 5.32 Å². The van der Waals surface area contributed by atoms with Gasteiger partial charge in [-0.15, -0.1) is 11.8 Å². The van der Waals surface area contributed by atoms with Crippen molar-refractivity contribution < 1.29 is 13.9 Å². The van der Waals surface area contributed by atoms with E-state index in [1.54, 1.807) is 18.0 Å². The molecule has 1 N–H and O–H groups in total. The Balaban J connectivity index is 1.92. The second-order valence-corrected chi connectivity index (χ2v) is 4.34. The number of carbonyl (C=O) groups is 1. The van der Waals surface area contributed by atoms with E-state index in [0.717, 1.165) is 11.5 Å². The van der Waals surface area contributed by atoms with Gasteiger partial charge in [-0.05, 0) is 19.1 Å². The second kappa shape index (κ2) is 4.72. The van der Waals surface area contributed by atoms with Crippen molar-refractivity contribution in [2.24, 2.45) is 0 Å². The Hall–Kier alpha value is -0.940. The zero-order chi connectivity index (χ0) is 10.7. The lowest BCUT2D eigenvalue weighted by atomic mass is 10.3. The van der Waals surface area contributed by atoms with Crippen LogP contribution in [-0.2, 0) is 9.53 Å². The molecule has 82 valence electrons. The predicted molar refractivity (Wildman–Crippen MR) is 57.5 cm³/mol. The number of ether oxygens (including phenoxy) is 1. The molecule has 0 radical (unpaired) electrons. The number of thioether (sulfide) groups is 1. The van der Waals surface area contributed by atoms with Crippen LogP contribution >= 0.6 is 11.8 Å². The van der Waals surface area contributed by atoms with Gasteiger partial charge in [-0.25, -0.2) is 0 Å². The number of hydrogen-bond acceptors (Lipinski definition) is 5. The Kier molecular flexibility index (Phi) is 3.33. The molecule has 1 saturated heterocycles. The standard InChI is InChI=1S/C10H13NO3S/c1-2-13-10(12)7-6-15-9(11-7)8-4-3-5-14-8/h3-5,7,9,11H,2,6H2,1H3. The largest absolute Gasteiger partial charge is 0.467 e. The fraction of sp³-hybridized carbons (Fsp3) is 0.500. The molecule has 0 aromatic carbocycles. The first-order chi connectivity index (χ1) is 7.31.